The summed E-state index contributed by atoms with van der Waals surface area (Å²) >= 11 is 11.6. The number of nitrogens with zero attached hydrogens (tertiary/aromatic N) is 1. The number of aromatic carboxylic acids is 1. The van der Waals surface area contributed by atoms with E-state index in [0.717, 1.165) is 0 Å². The van der Waals surface area contributed by atoms with Crippen LogP contribution < -0.4 is 5.73 Å². The molecule has 0 saturated heterocycles. The van der Waals surface area contributed by atoms with Gasteiger partial charge in [-0.1, -0.05) is 34.4 Å². The van der Waals surface area contributed by atoms with Gasteiger partial charge in [0.25, 0.3) is 0 Å². The Bertz CT molecular complexity index is 595. The maximum absolute atomic E-state index is 10.9. The summed E-state index contributed by atoms with van der Waals surface area (Å²) in [5, 5.41) is 13.0. The average molecular weight is 273 g/mol. The number of carboxylic acids is 1. The van der Waals surface area contributed by atoms with Crippen molar-refractivity contribution in [2.24, 2.45) is 0 Å². The Morgan fingerprint density at radius 3 is 2.65 bits per heavy atom. The monoisotopic (exact) mass is 272 g/mol. The fraction of sp³-hybridized carbons (Fsp3) is 0. The first kappa shape index (κ1) is 11.8. The van der Waals surface area contributed by atoms with Crippen molar-refractivity contribution >= 4 is 35.1 Å². The minimum Gasteiger partial charge on any atom is -0.476 e. The molecule has 0 fully saturated rings. The second-order valence-corrected chi connectivity index (χ2v) is 4.02. The summed E-state index contributed by atoms with van der Waals surface area (Å²) in [6, 6.07) is 4.63. The number of nitrogen functional groups attached to an aromatic ring is 1. The van der Waals surface area contributed by atoms with Crippen molar-refractivity contribution < 1.29 is 14.4 Å². The van der Waals surface area contributed by atoms with Crippen LogP contribution in [0.15, 0.2) is 22.7 Å². The fourth-order valence-electron chi connectivity index (χ4n) is 1.38. The third-order valence-electron chi connectivity index (χ3n) is 2.13. The van der Waals surface area contributed by atoms with E-state index in [2.05, 4.69) is 9.68 Å². The van der Waals surface area contributed by atoms with Crippen LogP contribution in [0.3, 0.4) is 0 Å². The van der Waals surface area contributed by atoms with Gasteiger partial charge in [0.1, 0.15) is 0 Å². The van der Waals surface area contributed by atoms with Crippen molar-refractivity contribution in [3.8, 4) is 11.1 Å². The number of hydrogen-bond donors (Lipinski definition) is 2. The van der Waals surface area contributed by atoms with Gasteiger partial charge in [-0.2, -0.15) is 0 Å². The Morgan fingerprint density at radius 2 is 2.06 bits per heavy atom. The average Bonchev–Trinajstić information content (AvgIpc) is 2.64. The van der Waals surface area contributed by atoms with Gasteiger partial charge in [-0.15, -0.1) is 0 Å². The first-order valence-corrected chi connectivity index (χ1v) is 5.20. The maximum Gasteiger partial charge on any atom is 0.358 e. The van der Waals surface area contributed by atoms with E-state index in [1.165, 1.54) is 12.1 Å². The third-order valence-corrected chi connectivity index (χ3v) is 2.87. The third kappa shape index (κ3) is 2.07. The van der Waals surface area contributed by atoms with Crippen molar-refractivity contribution in [1.82, 2.24) is 5.16 Å². The predicted octanol–water partition coefficient (Wildman–Crippen LogP) is 2.93. The first-order valence-electron chi connectivity index (χ1n) is 4.44. The molecule has 3 N–H and O–H groups in total. The number of anilines is 1. The predicted molar refractivity (Wildman–Crippen MR) is 63.3 cm³/mol. The SMILES string of the molecule is Nc1onc(C(=O)O)c1-c1ccc(Cl)c(Cl)c1. The summed E-state index contributed by atoms with van der Waals surface area (Å²) in [7, 11) is 0. The lowest BCUT2D eigenvalue weighted by Crippen LogP contribution is -1.99. The molecule has 0 unspecified atom stereocenters. The zero-order chi connectivity index (χ0) is 12.6. The van der Waals surface area contributed by atoms with E-state index < -0.39 is 5.97 Å². The Morgan fingerprint density at radius 1 is 1.35 bits per heavy atom. The summed E-state index contributed by atoms with van der Waals surface area (Å²) in [6.45, 7) is 0. The molecular weight excluding hydrogens is 267 g/mol. The number of nitrogens with two attached hydrogens (primary N) is 1. The normalized spacial score (nSPS) is 10.5. The van der Waals surface area contributed by atoms with Crippen molar-refractivity contribution in [3.63, 3.8) is 0 Å². The van der Waals surface area contributed by atoms with Crippen LogP contribution in [0.1, 0.15) is 10.5 Å². The molecule has 88 valence electrons. The zero-order valence-corrected chi connectivity index (χ0v) is 9.79. The van der Waals surface area contributed by atoms with Crippen LogP contribution in [0.25, 0.3) is 11.1 Å². The molecular formula is C10H6Cl2N2O3. The molecule has 7 heteroatoms. The number of carbonyl (C=O) groups is 1. The van der Waals surface area contributed by atoms with Crippen LogP contribution in [0.5, 0.6) is 0 Å². The summed E-state index contributed by atoms with van der Waals surface area (Å²) < 4.78 is 4.65. The Labute approximate surface area is 106 Å². The highest BCUT2D eigenvalue weighted by atomic mass is 35.5. The number of rotatable bonds is 2. The summed E-state index contributed by atoms with van der Waals surface area (Å²) in [6.07, 6.45) is 0. The van der Waals surface area contributed by atoms with Crippen molar-refractivity contribution in [1.29, 1.82) is 0 Å². The molecule has 1 heterocycles. The largest absolute Gasteiger partial charge is 0.476 e. The molecule has 0 aliphatic carbocycles. The lowest BCUT2D eigenvalue weighted by Gasteiger charge is -2.02. The van der Waals surface area contributed by atoms with Crippen LogP contribution >= 0.6 is 23.2 Å². The molecule has 0 aliphatic rings. The summed E-state index contributed by atoms with van der Waals surface area (Å²) in [4.78, 5) is 10.9. The van der Waals surface area contributed by atoms with Crippen LogP contribution in [0.2, 0.25) is 10.0 Å². The summed E-state index contributed by atoms with van der Waals surface area (Å²) in [5.41, 5.74) is 5.94. The number of hydrogen-bond acceptors (Lipinski definition) is 4. The van der Waals surface area contributed by atoms with Gasteiger partial charge in [0.15, 0.2) is 0 Å². The molecule has 1 aromatic carbocycles. The van der Waals surface area contributed by atoms with Gasteiger partial charge in [-0.3, -0.25) is 0 Å². The smallest absolute Gasteiger partial charge is 0.358 e. The number of carboxylic acid groups (broad SMARTS) is 1. The highest BCUT2D eigenvalue weighted by molar-refractivity contribution is 6.42. The van der Waals surface area contributed by atoms with E-state index >= 15 is 0 Å². The summed E-state index contributed by atoms with van der Waals surface area (Å²) in [5.74, 6) is -1.31. The Balaban J connectivity index is 2.63. The van der Waals surface area contributed by atoms with Crippen molar-refractivity contribution in [3.05, 3.63) is 33.9 Å². The highest BCUT2D eigenvalue weighted by Crippen LogP contribution is 2.33. The molecule has 0 spiro atoms. The highest BCUT2D eigenvalue weighted by Gasteiger charge is 2.21. The van der Waals surface area contributed by atoms with E-state index in [4.69, 9.17) is 34.0 Å². The molecule has 2 rings (SSSR count). The number of halogens is 2. The number of benzene rings is 1. The molecule has 0 bridgehead atoms. The van der Waals surface area contributed by atoms with E-state index in [0.29, 0.717) is 15.6 Å². The van der Waals surface area contributed by atoms with Gasteiger partial charge in [0.05, 0.1) is 15.6 Å². The fourth-order valence-corrected chi connectivity index (χ4v) is 1.68. The quantitative estimate of drug-likeness (QED) is 0.877. The molecule has 2 aromatic rings. The minimum atomic E-state index is -1.23. The van der Waals surface area contributed by atoms with Gasteiger partial charge < -0.3 is 15.4 Å². The van der Waals surface area contributed by atoms with Gasteiger partial charge in [0, 0.05) is 0 Å². The van der Waals surface area contributed by atoms with Gasteiger partial charge in [0.2, 0.25) is 11.6 Å². The lowest BCUT2D eigenvalue weighted by atomic mass is 10.1. The molecule has 0 amide bonds. The second-order valence-electron chi connectivity index (χ2n) is 3.20. The molecule has 17 heavy (non-hydrogen) atoms. The zero-order valence-electron chi connectivity index (χ0n) is 8.28. The lowest BCUT2D eigenvalue weighted by molar-refractivity contribution is 0.0686. The van der Waals surface area contributed by atoms with E-state index in [-0.39, 0.29) is 17.1 Å². The Hall–Kier alpha value is -1.72. The van der Waals surface area contributed by atoms with E-state index in [1.54, 1.807) is 6.07 Å². The molecule has 0 saturated carbocycles. The van der Waals surface area contributed by atoms with Crippen molar-refractivity contribution in [2.45, 2.75) is 0 Å². The number of aromatic nitrogens is 1. The standard InChI is InChI=1S/C10H6Cl2N2O3/c11-5-2-1-4(3-6(5)12)7-8(10(15)16)14-17-9(7)13/h1-3H,13H2,(H,15,16). The minimum absolute atomic E-state index is 0.0826. The van der Waals surface area contributed by atoms with Crippen LogP contribution in [0.4, 0.5) is 5.88 Å². The van der Waals surface area contributed by atoms with Gasteiger partial charge >= 0.3 is 5.97 Å². The van der Waals surface area contributed by atoms with Crippen LogP contribution in [-0.4, -0.2) is 16.2 Å². The second kappa shape index (κ2) is 4.27. The topological polar surface area (TPSA) is 89.4 Å². The molecule has 0 aliphatic heterocycles. The maximum atomic E-state index is 10.9. The molecule has 0 radical (unpaired) electrons. The van der Waals surface area contributed by atoms with E-state index in [1.807, 2.05) is 0 Å². The van der Waals surface area contributed by atoms with Crippen LogP contribution in [0, 0.1) is 0 Å². The first-order chi connectivity index (χ1) is 8.00. The Kier molecular flexibility index (Phi) is 2.95. The van der Waals surface area contributed by atoms with Crippen molar-refractivity contribution in [2.75, 3.05) is 5.73 Å². The van der Waals surface area contributed by atoms with Gasteiger partial charge in [-0.25, -0.2) is 4.79 Å². The molecule has 5 nitrogen and oxygen atoms in total. The van der Waals surface area contributed by atoms with Gasteiger partial charge in [-0.05, 0) is 17.7 Å². The van der Waals surface area contributed by atoms with Crippen LogP contribution in [-0.2, 0) is 0 Å². The molecule has 1 aromatic heterocycles. The van der Waals surface area contributed by atoms with E-state index in [9.17, 15) is 4.79 Å². The molecule has 0 atom stereocenters.